The van der Waals surface area contributed by atoms with Crippen LogP contribution < -0.4 is 5.32 Å². The van der Waals surface area contributed by atoms with Crippen LogP contribution in [-0.4, -0.2) is 5.91 Å². The van der Waals surface area contributed by atoms with Gasteiger partial charge in [0.15, 0.2) is 0 Å². The van der Waals surface area contributed by atoms with Crippen LogP contribution in [0.1, 0.15) is 34.6 Å². The van der Waals surface area contributed by atoms with E-state index >= 15 is 0 Å². The predicted octanol–water partition coefficient (Wildman–Crippen LogP) is 4.96. The van der Waals surface area contributed by atoms with Gasteiger partial charge in [-0.05, 0) is 40.7 Å². The molecule has 0 bridgehead atoms. The Morgan fingerprint density at radius 2 is 1.48 bits per heavy atom. The number of nitrogens with one attached hydrogen (secondary N) is 1. The monoisotopic (exact) mass is 389 g/mol. The quantitative estimate of drug-likeness (QED) is 0.591. The minimum absolute atomic E-state index is 0.000314. The highest BCUT2D eigenvalue weighted by Crippen LogP contribution is 2.48. The van der Waals surface area contributed by atoms with Gasteiger partial charge in [-0.15, -0.1) is 0 Å². The highest BCUT2D eigenvalue weighted by molar-refractivity contribution is 5.82. The van der Waals surface area contributed by atoms with E-state index in [0.717, 1.165) is 16.7 Å². The molecule has 1 aliphatic carbocycles. The Kier molecular flexibility index (Phi) is 6.01. The Morgan fingerprint density at radius 1 is 0.862 bits per heavy atom. The fourth-order valence-electron chi connectivity index (χ4n) is 3.54. The van der Waals surface area contributed by atoms with E-state index in [1.807, 2.05) is 60.7 Å². The van der Waals surface area contributed by atoms with Gasteiger partial charge in [0.2, 0.25) is 5.91 Å². The second kappa shape index (κ2) is 9.01. The summed E-state index contributed by atoms with van der Waals surface area (Å²) < 4.78 is 19.6. The molecule has 2 atom stereocenters. The maximum absolute atomic E-state index is 13.8. The molecule has 0 aliphatic heterocycles. The third-order valence-electron chi connectivity index (χ3n) is 5.30. The maximum atomic E-state index is 13.8. The molecule has 0 saturated heterocycles. The highest BCUT2D eigenvalue weighted by atomic mass is 19.1. The van der Waals surface area contributed by atoms with Crippen molar-refractivity contribution in [2.24, 2.45) is 5.92 Å². The fourth-order valence-corrected chi connectivity index (χ4v) is 3.54. The van der Waals surface area contributed by atoms with Gasteiger partial charge >= 0.3 is 0 Å². The van der Waals surface area contributed by atoms with Crippen molar-refractivity contribution >= 4 is 5.91 Å². The minimum atomic E-state index is -0.224. The van der Waals surface area contributed by atoms with Gasteiger partial charge in [-0.2, -0.15) is 0 Å². The summed E-state index contributed by atoms with van der Waals surface area (Å²) in [6, 6.07) is 24.8. The van der Waals surface area contributed by atoms with E-state index < -0.39 is 0 Å². The van der Waals surface area contributed by atoms with Crippen LogP contribution in [0.2, 0.25) is 0 Å². The maximum Gasteiger partial charge on any atom is 0.224 e. The average Bonchev–Trinajstić information content (AvgIpc) is 3.55. The van der Waals surface area contributed by atoms with Gasteiger partial charge in [0.1, 0.15) is 5.82 Å². The summed E-state index contributed by atoms with van der Waals surface area (Å²) in [6.45, 7) is 1.61. The van der Waals surface area contributed by atoms with Crippen LogP contribution in [0.15, 0.2) is 78.9 Å². The molecule has 3 nitrogen and oxygen atoms in total. The normalized spacial score (nSPS) is 17.7. The van der Waals surface area contributed by atoms with Gasteiger partial charge < -0.3 is 10.1 Å². The minimum Gasteiger partial charge on any atom is -0.372 e. The Hall–Kier alpha value is -2.98. The van der Waals surface area contributed by atoms with Crippen molar-refractivity contribution in [2.45, 2.75) is 32.1 Å². The lowest BCUT2D eigenvalue weighted by atomic mass is 10.1. The molecule has 4 rings (SSSR count). The smallest absolute Gasteiger partial charge is 0.224 e. The molecule has 29 heavy (non-hydrogen) atoms. The summed E-state index contributed by atoms with van der Waals surface area (Å²) in [5.74, 6) is -0.357. The number of amides is 1. The molecule has 1 N–H and O–H groups in total. The lowest BCUT2D eigenvalue weighted by molar-refractivity contribution is -0.122. The summed E-state index contributed by atoms with van der Waals surface area (Å²) >= 11 is 0. The molecule has 4 heteroatoms. The van der Waals surface area contributed by atoms with Gasteiger partial charge in [0.05, 0.1) is 13.2 Å². The molecular formula is C25H24FNO2. The Bertz CT molecular complexity index is 956. The van der Waals surface area contributed by atoms with Crippen LogP contribution in [0.3, 0.4) is 0 Å². The Labute approximate surface area is 170 Å². The fraction of sp³-hybridized carbons (Fsp3) is 0.240. The zero-order valence-corrected chi connectivity index (χ0v) is 16.2. The van der Waals surface area contributed by atoms with Crippen molar-refractivity contribution in [3.63, 3.8) is 0 Å². The number of benzene rings is 3. The summed E-state index contributed by atoms with van der Waals surface area (Å²) in [6.07, 6.45) is 0.713. The first-order valence-electron chi connectivity index (χ1n) is 9.92. The topological polar surface area (TPSA) is 38.3 Å². The van der Waals surface area contributed by atoms with Gasteiger partial charge in [0.25, 0.3) is 0 Å². The number of ether oxygens (including phenoxy) is 1. The van der Waals surface area contributed by atoms with Crippen LogP contribution in [0, 0.1) is 11.7 Å². The van der Waals surface area contributed by atoms with Gasteiger partial charge in [-0.3, -0.25) is 4.79 Å². The van der Waals surface area contributed by atoms with Crippen LogP contribution in [0.5, 0.6) is 0 Å². The Morgan fingerprint density at radius 3 is 2.21 bits per heavy atom. The Balaban J connectivity index is 1.21. The summed E-state index contributed by atoms with van der Waals surface area (Å²) in [7, 11) is 0. The second-order valence-electron chi connectivity index (χ2n) is 7.48. The van der Waals surface area contributed by atoms with E-state index in [9.17, 15) is 9.18 Å². The molecule has 1 saturated carbocycles. The lowest BCUT2D eigenvalue weighted by Crippen LogP contribution is -2.24. The molecule has 1 fully saturated rings. The van der Waals surface area contributed by atoms with Crippen molar-refractivity contribution in [2.75, 3.05) is 0 Å². The molecule has 3 aromatic carbocycles. The average molecular weight is 389 g/mol. The molecule has 0 radical (unpaired) electrons. The summed E-state index contributed by atoms with van der Waals surface area (Å²) in [4.78, 5) is 12.4. The van der Waals surface area contributed by atoms with E-state index in [2.05, 4.69) is 5.32 Å². The highest BCUT2D eigenvalue weighted by Gasteiger charge is 2.44. The third kappa shape index (κ3) is 5.09. The predicted molar refractivity (Wildman–Crippen MR) is 110 cm³/mol. The second-order valence-corrected chi connectivity index (χ2v) is 7.48. The van der Waals surface area contributed by atoms with Crippen LogP contribution in [-0.2, 0) is 29.3 Å². The van der Waals surface area contributed by atoms with Gasteiger partial charge in [-0.25, -0.2) is 4.39 Å². The first-order valence-corrected chi connectivity index (χ1v) is 9.92. The molecular weight excluding hydrogens is 365 g/mol. The first-order chi connectivity index (χ1) is 14.2. The largest absolute Gasteiger partial charge is 0.372 e. The SMILES string of the molecule is O=C(NCc1ccc(COCc2ccccc2)cc1)C1CC1c1ccccc1F. The number of carbonyl (C=O) groups excluding carboxylic acids is 1. The molecule has 148 valence electrons. The molecule has 1 amide bonds. The number of carbonyl (C=O) groups is 1. The number of hydrogen-bond donors (Lipinski definition) is 1. The molecule has 1 aliphatic rings. The molecule has 0 heterocycles. The van der Waals surface area contributed by atoms with E-state index in [-0.39, 0.29) is 23.6 Å². The van der Waals surface area contributed by atoms with E-state index in [1.54, 1.807) is 12.1 Å². The van der Waals surface area contributed by atoms with Crippen LogP contribution >= 0.6 is 0 Å². The van der Waals surface area contributed by atoms with Crippen LogP contribution in [0.25, 0.3) is 0 Å². The van der Waals surface area contributed by atoms with E-state index in [0.29, 0.717) is 31.7 Å². The third-order valence-corrected chi connectivity index (χ3v) is 5.30. The van der Waals surface area contributed by atoms with Crippen LogP contribution in [0.4, 0.5) is 4.39 Å². The van der Waals surface area contributed by atoms with Gasteiger partial charge in [-0.1, -0.05) is 72.8 Å². The zero-order valence-electron chi connectivity index (χ0n) is 16.2. The number of hydrogen-bond acceptors (Lipinski definition) is 2. The molecule has 0 aromatic heterocycles. The van der Waals surface area contributed by atoms with E-state index in [4.69, 9.17) is 4.74 Å². The van der Waals surface area contributed by atoms with Crippen molar-refractivity contribution in [1.29, 1.82) is 0 Å². The van der Waals surface area contributed by atoms with Crippen molar-refractivity contribution in [1.82, 2.24) is 5.32 Å². The summed E-state index contributed by atoms with van der Waals surface area (Å²) in [5.41, 5.74) is 3.93. The standard InChI is InChI=1S/C25H24FNO2/c26-24-9-5-4-8-21(24)22-14-23(22)25(28)27-15-18-10-12-20(13-11-18)17-29-16-19-6-2-1-3-7-19/h1-13,22-23H,14-17H2,(H,27,28). The molecule has 0 spiro atoms. The summed E-state index contributed by atoms with van der Waals surface area (Å²) in [5, 5.41) is 2.97. The van der Waals surface area contributed by atoms with Crippen molar-refractivity contribution in [3.05, 3.63) is 107 Å². The molecule has 3 aromatic rings. The molecule has 2 unspecified atom stereocenters. The van der Waals surface area contributed by atoms with Gasteiger partial charge in [0, 0.05) is 12.5 Å². The number of halogens is 1. The first kappa shape index (κ1) is 19.3. The van der Waals surface area contributed by atoms with E-state index in [1.165, 1.54) is 6.07 Å². The zero-order chi connectivity index (χ0) is 20.1. The number of rotatable bonds is 8. The van der Waals surface area contributed by atoms with Crippen molar-refractivity contribution in [3.8, 4) is 0 Å². The lowest BCUT2D eigenvalue weighted by Gasteiger charge is -2.08. The van der Waals surface area contributed by atoms with Crippen molar-refractivity contribution < 1.29 is 13.9 Å².